The van der Waals surface area contributed by atoms with E-state index < -0.39 is 16.5 Å². The molecule has 4 heteroatoms. The van der Waals surface area contributed by atoms with Crippen LogP contribution in [0, 0.1) is 0 Å². The Hall–Kier alpha value is -0.380. The number of alkyl halides is 1. The standard InChI is InChI=1S/C6H11FO2S/c1-2-3-5-10(8,9)6-4-7/h2-3H,4-6H2,1H3/b3-2+. The first-order valence-corrected chi connectivity index (χ1v) is 4.82. The highest BCUT2D eigenvalue weighted by Gasteiger charge is 2.06. The smallest absolute Gasteiger partial charge is 0.156 e. The number of sulfone groups is 1. The van der Waals surface area contributed by atoms with Crippen LogP contribution in [-0.4, -0.2) is 26.6 Å². The first-order chi connectivity index (χ1) is 4.62. The van der Waals surface area contributed by atoms with E-state index in [-0.39, 0.29) is 11.5 Å². The fourth-order valence-electron chi connectivity index (χ4n) is 0.444. The summed E-state index contributed by atoms with van der Waals surface area (Å²) in [7, 11) is -3.16. The summed E-state index contributed by atoms with van der Waals surface area (Å²) in [6.07, 6.45) is 3.14. The summed E-state index contributed by atoms with van der Waals surface area (Å²) in [6.45, 7) is 0.935. The summed E-state index contributed by atoms with van der Waals surface area (Å²) in [6, 6.07) is 0. The minimum atomic E-state index is -3.16. The second-order valence-electron chi connectivity index (χ2n) is 1.87. The maximum absolute atomic E-state index is 11.5. The number of hydrogen-bond acceptors (Lipinski definition) is 2. The predicted octanol–water partition coefficient (Wildman–Crippen LogP) is 0.947. The Balaban J connectivity index is 3.89. The van der Waals surface area contributed by atoms with Gasteiger partial charge >= 0.3 is 0 Å². The Morgan fingerprint density at radius 2 is 2.10 bits per heavy atom. The van der Waals surface area contributed by atoms with Crippen molar-refractivity contribution in [1.82, 2.24) is 0 Å². The highest BCUT2D eigenvalue weighted by Crippen LogP contribution is 1.91. The third kappa shape index (κ3) is 4.49. The van der Waals surface area contributed by atoms with E-state index in [1.54, 1.807) is 13.0 Å². The lowest BCUT2D eigenvalue weighted by Gasteiger charge is -1.94. The molecule has 60 valence electrons. The first kappa shape index (κ1) is 9.62. The van der Waals surface area contributed by atoms with Crippen molar-refractivity contribution in [3.05, 3.63) is 12.2 Å². The maximum atomic E-state index is 11.5. The second kappa shape index (κ2) is 4.44. The average Bonchev–Trinajstić information content (AvgIpc) is 1.84. The molecule has 0 fully saturated rings. The Morgan fingerprint density at radius 1 is 1.50 bits per heavy atom. The summed E-state index contributed by atoms with van der Waals surface area (Å²) in [5.41, 5.74) is 0. The van der Waals surface area contributed by atoms with E-state index in [0.29, 0.717) is 0 Å². The number of rotatable bonds is 4. The molecule has 0 saturated carbocycles. The van der Waals surface area contributed by atoms with Gasteiger partial charge in [0, 0.05) is 0 Å². The maximum Gasteiger partial charge on any atom is 0.156 e. The van der Waals surface area contributed by atoms with Crippen LogP contribution in [0.15, 0.2) is 12.2 Å². The van der Waals surface area contributed by atoms with Crippen molar-refractivity contribution in [1.29, 1.82) is 0 Å². The zero-order chi connectivity index (χ0) is 8.04. The van der Waals surface area contributed by atoms with E-state index in [2.05, 4.69) is 0 Å². The molecule has 0 aromatic heterocycles. The van der Waals surface area contributed by atoms with E-state index >= 15 is 0 Å². The van der Waals surface area contributed by atoms with Crippen molar-refractivity contribution in [2.75, 3.05) is 18.2 Å². The molecular formula is C6H11FO2S. The van der Waals surface area contributed by atoms with Crippen LogP contribution >= 0.6 is 0 Å². The topological polar surface area (TPSA) is 34.1 Å². The van der Waals surface area contributed by atoms with Gasteiger partial charge in [0.25, 0.3) is 0 Å². The van der Waals surface area contributed by atoms with Gasteiger partial charge in [-0.1, -0.05) is 12.2 Å². The molecule has 0 spiro atoms. The molecule has 2 nitrogen and oxygen atoms in total. The summed E-state index contributed by atoms with van der Waals surface area (Å²) < 4.78 is 32.9. The van der Waals surface area contributed by atoms with Crippen molar-refractivity contribution in [2.45, 2.75) is 6.92 Å². The monoisotopic (exact) mass is 166 g/mol. The third-order valence-corrected chi connectivity index (χ3v) is 2.45. The van der Waals surface area contributed by atoms with Gasteiger partial charge in [-0.05, 0) is 6.92 Å². The van der Waals surface area contributed by atoms with E-state index in [1.807, 2.05) is 0 Å². The molecule has 0 radical (unpaired) electrons. The molecule has 0 aromatic rings. The molecule has 0 rings (SSSR count). The number of allylic oxidation sites excluding steroid dienone is 1. The summed E-state index contributed by atoms with van der Waals surface area (Å²) >= 11 is 0. The number of hydrogen-bond donors (Lipinski definition) is 0. The summed E-state index contributed by atoms with van der Waals surface area (Å²) in [5, 5.41) is 0. The molecule has 0 aliphatic carbocycles. The molecule has 0 saturated heterocycles. The van der Waals surface area contributed by atoms with Gasteiger partial charge in [-0.2, -0.15) is 0 Å². The van der Waals surface area contributed by atoms with Gasteiger partial charge in [0.15, 0.2) is 9.84 Å². The molecule has 0 atom stereocenters. The molecule has 0 heterocycles. The number of halogens is 1. The normalized spacial score (nSPS) is 12.6. The van der Waals surface area contributed by atoms with E-state index in [0.717, 1.165) is 0 Å². The minimum Gasteiger partial charge on any atom is -0.250 e. The Labute approximate surface area is 60.7 Å². The molecule has 0 aliphatic rings. The predicted molar refractivity (Wildman–Crippen MR) is 39.4 cm³/mol. The lowest BCUT2D eigenvalue weighted by molar-refractivity contribution is 0.518. The quantitative estimate of drug-likeness (QED) is 0.583. The van der Waals surface area contributed by atoms with Crippen LogP contribution in [0.2, 0.25) is 0 Å². The van der Waals surface area contributed by atoms with Gasteiger partial charge in [0.2, 0.25) is 0 Å². The van der Waals surface area contributed by atoms with Crippen molar-refractivity contribution >= 4 is 9.84 Å². The van der Waals surface area contributed by atoms with Crippen LogP contribution in [-0.2, 0) is 9.84 Å². The van der Waals surface area contributed by atoms with Gasteiger partial charge in [-0.25, -0.2) is 12.8 Å². The molecule has 0 amide bonds. The lowest BCUT2D eigenvalue weighted by Crippen LogP contribution is -2.10. The molecular weight excluding hydrogens is 155 g/mol. The molecule has 0 N–H and O–H groups in total. The van der Waals surface area contributed by atoms with E-state index in [9.17, 15) is 12.8 Å². The average molecular weight is 166 g/mol. The van der Waals surface area contributed by atoms with Crippen molar-refractivity contribution in [2.24, 2.45) is 0 Å². The van der Waals surface area contributed by atoms with Crippen LogP contribution in [0.25, 0.3) is 0 Å². The second-order valence-corrected chi connectivity index (χ2v) is 4.10. The van der Waals surface area contributed by atoms with Crippen LogP contribution < -0.4 is 0 Å². The van der Waals surface area contributed by atoms with Crippen LogP contribution in [0.5, 0.6) is 0 Å². The molecule has 0 bridgehead atoms. The summed E-state index contributed by atoms with van der Waals surface area (Å²) in [5.74, 6) is -0.412. The lowest BCUT2D eigenvalue weighted by atomic mass is 10.6. The van der Waals surface area contributed by atoms with Crippen LogP contribution in [0.3, 0.4) is 0 Å². The van der Waals surface area contributed by atoms with Crippen molar-refractivity contribution < 1.29 is 12.8 Å². The van der Waals surface area contributed by atoms with Gasteiger partial charge in [-0.3, -0.25) is 0 Å². The van der Waals surface area contributed by atoms with Gasteiger partial charge < -0.3 is 0 Å². The summed E-state index contributed by atoms with van der Waals surface area (Å²) in [4.78, 5) is 0. The van der Waals surface area contributed by atoms with E-state index in [1.165, 1.54) is 6.08 Å². The van der Waals surface area contributed by atoms with Crippen LogP contribution in [0.4, 0.5) is 4.39 Å². The Bertz CT molecular complexity index is 194. The van der Waals surface area contributed by atoms with Crippen molar-refractivity contribution in [3.63, 3.8) is 0 Å². The fraction of sp³-hybridized carbons (Fsp3) is 0.667. The fourth-order valence-corrected chi connectivity index (χ4v) is 1.33. The largest absolute Gasteiger partial charge is 0.250 e. The third-order valence-electron chi connectivity index (χ3n) is 0.974. The molecule has 0 aromatic carbocycles. The van der Waals surface area contributed by atoms with Gasteiger partial charge in [0.05, 0.1) is 11.5 Å². The Morgan fingerprint density at radius 3 is 2.50 bits per heavy atom. The molecule has 0 aliphatic heterocycles. The first-order valence-electron chi connectivity index (χ1n) is 3.00. The zero-order valence-corrected chi connectivity index (χ0v) is 6.70. The van der Waals surface area contributed by atoms with E-state index in [4.69, 9.17) is 0 Å². The van der Waals surface area contributed by atoms with Crippen LogP contribution in [0.1, 0.15) is 6.92 Å². The zero-order valence-electron chi connectivity index (χ0n) is 5.88. The highest BCUT2D eigenvalue weighted by molar-refractivity contribution is 7.91. The minimum absolute atomic E-state index is 0.0482. The molecule has 0 unspecified atom stereocenters. The Kier molecular flexibility index (Phi) is 4.27. The highest BCUT2D eigenvalue weighted by atomic mass is 32.2. The van der Waals surface area contributed by atoms with Gasteiger partial charge in [0.1, 0.15) is 6.67 Å². The van der Waals surface area contributed by atoms with Crippen molar-refractivity contribution in [3.8, 4) is 0 Å². The molecule has 10 heavy (non-hydrogen) atoms. The SMILES string of the molecule is C/C=C/CS(=O)(=O)CCF. The van der Waals surface area contributed by atoms with Gasteiger partial charge in [-0.15, -0.1) is 0 Å².